The Morgan fingerprint density at radius 1 is 0.805 bits per heavy atom. The molecule has 8 heteroatoms. The van der Waals surface area contributed by atoms with Gasteiger partial charge in [-0.3, -0.25) is 19.7 Å². The predicted octanol–water partition coefficient (Wildman–Crippen LogP) is 6.18. The third-order valence-electron chi connectivity index (χ3n) is 6.54. The largest absolute Gasteiger partial charge is 0.444 e. The number of fused-ring (bicyclic) bond motifs is 1. The fraction of sp³-hybridized carbons (Fsp3) is 0.0606. The highest BCUT2D eigenvalue weighted by molar-refractivity contribution is 5.86. The third-order valence-corrected chi connectivity index (χ3v) is 6.54. The summed E-state index contributed by atoms with van der Waals surface area (Å²) in [5.41, 5.74) is 6.05. The molecule has 0 saturated heterocycles. The van der Waals surface area contributed by atoms with Gasteiger partial charge in [0, 0.05) is 30.7 Å². The van der Waals surface area contributed by atoms with Gasteiger partial charge < -0.3 is 4.74 Å². The van der Waals surface area contributed by atoms with Crippen molar-refractivity contribution in [1.29, 1.82) is 0 Å². The van der Waals surface area contributed by atoms with E-state index in [9.17, 15) is 9.59 Å². The quantitative estimate of drug-likeness (QED) is 0.260. The van der Waals surface area contributed by atoms with Crippen LogP contribution in [-0.4, -0.2) is 25.6 Å². The lowest BCUT2D eigenvalue weighted by molar-refractivity contribution is 0.155. The van der Waals surface area contributed by atoms with Crippen LogP contribution in [0.3, 0.4) is 0 Å². The van der Waals surface area contributed by atoms with Crippen LogP contribution in [0.25, 0.3) is 28.0 Å². The van der Waals surface area contributed by atoms with Gasteiger partial charge in [0.25, 0.3) is 5.56 Å². The Bertz CT molecular complexity index is 1890. The van der Waals surface area contributed by atoms with Crippen molar-refractivity contribution < 1.29 is 9.53 Å². The molecule has 3 aromatic heterocycles. The lowest BCUT2D eigenvalue weighted by atomic mass is 10.0. The average molecular weight is 540 g/mol. The van der Waals surface area contributed by atoms with Crippen molar-refractivity contribution in [3.05, 3.63) is 149 Å². The van der Waals surface area contributed by atoms with Crippen LogP contribution in [0.1, 0.15) is 16.8 Å². The molecule has 3 aromatic carbocycles. The normalized spacial score (nSPS) is 10.8. The Kier molecular flexibility index (Phi) is 7.27. The van der Waals surface area contributed by atoms with Crippen LogP contribution in [-0.2, 0) is 17.8 Å². The SMILES string of the molecule is O=C(Nc1cccc(-c2cccc(-n3c(=O)c(Cc4cccnc4)nc4cccnc43)c2)c1)OCc1ccccc1. The molecule has 0 bridgehead atoms. The monoisotopic (exact) mass is 539 g/mol. The Hall–Kier alpha value is -5.63. The second kappa shape index (κ2) is 11.6. The number of aromatic nitrogens is 4. The van der Waals surface area contributed by atoms with Gasteiger partial charge in [-0.1, -0.05) is 60.7 Å². The fourth-order valence-corrected chi connectivity index (χ4v) is 4.60. The van der Waals surface area contributed by atoms with E-state index in [0.717, 1.165) is 22.3 Å². The maximum Gasteiger partial charge on any atom is 0.411 e. The zero-order chi connectivity index (χ0) is 28.0. The molecule has 0 fully saturated rings. The van der Waals surface area contributed by atoms with Gasteiger partial charge >= 0.3 is 6.09 Å². The van der Waals surface area contributed by atoms with E-state index in [1.165, 1.54) is 0 Å². The van der Waals surface area contributed by atoms with E-state index in [0.29, 0.717) is 34.7 Å². The first-order valence-electron chi connectivity index (χ1n) is 13.1. The molecule has 3 heterocycles. The molecule has 8 nitrogen and oxygen atoms in total. The summed E-state index contributed by atoms with van der Waals surface area (Å²) in [4.78, 5) is 39.4. The van der Waals surface area contributed by atoms with Gasteiger partial charge in [-0.2, -0.15) is 0 Å². The lowest BCUT2D eigenvalue weighted by Gasteiger charge is -2.13. The van der Waals surface area contributed by atoms with Crippen molar-refractivity contribution in [2.45, 2.75) is 13.0 Å². The van der Waals surface area contributed by atoms with Gasteiger partial charge in [0.15, 0.2) is 5.65 Å². The highest BCUT2D eigenvalue weighted by Crippen LogP contribution is 2.26. The Morgan fingerprint density at radius 3 is 2.41 bits per heavy atom. The standard InChI is InChI=1S/C33H25N5O3/c39-32-30(18-24-10-6-16-34-21-24)37-29-15-7-17-35-31(29)38(32)28-14-5-12-26(20-28)25-11-4-13-27(19-25)36-33(40)41-22-23-8-2-1-3-9-23/h1-17,19-21H,18,22H2,(H,36,40). The van der Waals surface area contributed by atoms with E-state index >= 15 is 0 Å². The number of rotatable bonds is 7. The number of pyridine rings is 2. The van der Waals surface area contributed by atoms with Gasteiger partial charge in [-0.15, -0.1) is 0 Å². The van der Waals surface area contributed by atoms with Gasteiger partial charge in [0.05, 0.1) is 5.69 Å². The van der Waals surface area contributed by atoms with Crippen LogP contribution < -0.4 is 10.9 Å². The van der Waals surface area contributed by atoms with Crippen LogP contribution in [0.4, 0.5) is 10.5 Å². The van der Waals surface area contributed by atoms with Crippen LogP contribution in [0.15, 0.2) is 127 Å². The van der Waals surface area contributed by atoms with E-state index in [1.807, 2.05) is 91.0 Å². The summed E-state index contributed by atoms with van der Waals surface area (Å²) in [5.74, 6) is 0. The molecule has 0 radical (unpaired) electrons. The van der Waals surface area contributed by atoms with E-state index in [4.69, 9.17) is 4.74 Å². The minimum Gasteiger partial charge on any atom is -0.444 e. The predicted molar refractivity (Wildman–Crippen MR) is 158 cm³/mol. The molecule has 1 amide bonds. The van der Waals surface area contributed by atoms with Gasteiger partial charge in [0.1, 0.15) is 17.8 Å². The molecule has 0 saturated carbocycles. The van der Waals surface area contributed by atoms with Crippen LogP contribution in [0.5, 0.6) is 0 Å². The summed E-state index contributed by atoms with van der Waals surface area (Å²) in [7, 11) is 0. The smallest absolute Gasteiger partial charge is 0.411 e. The molecular formula is C33H25N5O3. The molecule has 0 aliphatic heterocycles. The first kappa shape index (κ1) is 25.6. The third kappa shape index (κ3) is 5.86. The number of carbonyl (C=O) groups is 1. The molecule has 0 atom stereocenters. The van der Waals surface area contributed by atoms with E-state index in [-0.39, 0.29) is 12.2 Å². The maximum atomic E-state index is 13.8. The van der Waals surface area contributed by atoms with E-state index in [2.05, 4.69) is 20.3 Å². The topological polar surface area (TPSA) is 99.0 Å². The van der Waals surface area contributed by atoms with E-state index < -0.39 is 6.09 Å². The van der Waals surface area contributed by atoms with Gasteiger partial charge in [-0.25, -0.2) is 14.8 Å². The minimum absolute atomic E-state index is 0.180. The molecule has 0 aliphatic carbocycles. The lowest BCUT2D eigenvalue weighted by Crippen LogP contribution is -2.25. The molecule has 6 rings (SSSR count). The molecule has 0 spiro atoms. The number of benzene rings is 3. The van der Waals surface area contributed by atoms with Crippen LogP contribution in [0, 0.1) is 0 Å². The van der Waals surface area contributed by atoms with Crippen molar-refractivity contribution >= 4 is 22.9 Å². The van der Waals surface area contributed by atoms with E-state index in [1.54, 1.807) is 35.3 Å². The van der Waals surface area contributed by atoms with Crippen molar-refractivity contribution in [2.24, 2.45) is 0 Å². The van der Waals surface area contributed by atoms with Gasteiger partial charge in [0.2, 0.25) is 0 Å². The molecule has 200 valence electrons. The Morgan fingerprint density at radius 2 is 1.59 bits per heavy atom. The first-order valence-corrected chi connectivity index (χ1v) is 13.1. The molecule has 6 aromatic rings. The molecular weight excluding hydrogens is 514 g/mol. The van der Waals surface area contributed by atoms with Crippen LogP contribution >= 0.6 is 0 Å². The summed E-state index contributed by atoms with van der Waals surface area (Å²) in [6.07, 6.45) is 4.89. The van der Waals surface area contributed by atoms with Crippen molar-refractivity contribution in [1.82, 2.24) is 19.5 Å². The zero-order valence-corrected chi connectivity index (χ0v) is 22.0. The first-order chi connectivity index (χ1) is 20.1. The average Bonchev–Trinajstić information content (AvgIpc) is 3.02. The second-order valence-corrected chi connectivity index (χ2v) is 9.40. The van der Waals surface area contributed by atoms with Crippen molar-refractivity contribution in [3.63, 3.8) is 0 Å². The number of ether oxygens (including phenoxy) is 1. The number of anilines is 1. The Balaban J connectivity index is 1.30. The van der Waals surface area contributed by atoms with Crippen LogP contribution in [0.2, 0.25) is 0 Å². The second-order valence-electron chi connectivity index (χ2n) is 9.40. The highest BCUT2D eigenvalue weighted by Gasteiger charge is 2.15. The summed E-state index contributed by atoms with van der Waals surface area (Å²) in [6.45, 7) is 0.180. The number of carbonyl (C=O) groups excluding carboxylic acids is 1. The summed E-state index contributed by atoms with van der Waals surface area (Å²) < 4.78 is 6.96. The summed E-state index contributed by atoms with van der Waals surface area (Å²) in [6, 6.07) is 32.0. The molecule has 41 heavy (non-hydrogen) atoms. The van der Waals surface area contributed by atoms with Crippen molar-refractivity contribution in [3.8, 4) is 16.8 Å². The number of amides is 1. The molecule has 0 aliphatic rings. The Labute approximate surface area is 236 Å². The zero-order valence-electron chi connectivity index (χ0n) is 22.0. The highest BCUT2D eigenvalue weighted by atomic mass is 16.5. The molecule has 1 N–H and O–H groups in total. The number of nitrogens with zero attached hydrogens (tertiary/aromatic N) is 4. The fourth-order valence-electron chi connectivity index (χ4n) is 4.60. The number of hydrogen-bond acceptors (Lipinski definition) is 6. The number of hydrogen-bond donors (Lipinski definition) is 1. The summed E-state index contributed by atoms with van der Waals surface area (Å²) >= 11 is 0. The molecule has 0 unspecified atom stereocenters. The number of nitrogens with one attached hydrogen (secondary N) is 1. The maximum absolute atomic E-state index is 13.8. The summed E-state index contributed by atoms with van der Waals surface area (Å²) in [5, 5.41) is 2.79. The minimum atomic E-state index is -0.540. The van der Waals surface area contributed by atoms with Crippen molar-refractivity contribution in [2.75, 3.05) is 5.32 Å². The van der Waals surface area contributed by atoms with Gasteiger partial charge in [-0.05, 0) is 64.7 Å².